The Hall–Kier alpha value is -1.37. The maximum atomic E-state index is 11.2. The number of nitrogens with zero attached hydrogens (tertiary/aromatic N) is 1. The molecule has 0 saturated heterocycles. The Morgan fingerprint density at radius 1 is 1.25 bits per heavy atom. The molecule has 0 aliphatic heterocycles. The average molecular weight is 354 g/mol. The van der Waals surface area contributed by atoms with E-state index in [2.05, 4.69) is 15.9 Å². The van der Waals surface area contributed by atoms with Crippen LogP contribution < -0.4 is 0 Å². The molecule has 2 aromatic carbocycles. The SMILES string of the molecule is C[C@H](O)c1ccc(Sc2ccccc2Br)c([N+](=O)[O-])c1. The van der Waals surface area contributed by atoms with E-state index >= 15 is 0 Å². The Morgan fingerprint density at radius 3 is 2.55 bits per heavy atom. The lowest BCUT2D eigenvalue weighted by atomic mass is 10.1. The summed E-state index contributed by atoms with van der Waals surface area (Å²) in [6, 6.07) is 12.3. The van der Waals surface area contributed by atoms with Crippen molar-refractivity contribution in [3.8, 4) is 0 Å². The predicted molar refractivity (Wildman–Crippen MR) is 82.0 cm³/mol. The lowest BCUT2D eigenvalue weighted by Gasteiger charge is -2.08. The molecular formula is C14H12BrNO3S. The van der Waals surface area contributed by atoms with Crippen LogP contribution in [-0.2, 0) is 0 Å². The number of halogens is 1. The molecule has 0 saturated carbocycles. The number of nitro groups is 1. The Kier molecular flexibility index (Phi) is 4.80. The molecule has 0 unspecified atom stereocenters. The van der Waals surface area contributed by atoms with Crippen molar-refractivity contribution >= 4 is 33.4 Å². The number of hydrogen-bond acceptors (Lipinski definition) is 4. The second kappa shape index (κ2) is 6.39. The standard InChI is InChI=1S/C14H12BrNO3S/c1-9(17)10-6-7-14(12(8-10)16(18)19)20-13-5-3-2-4-11(13)15/h2-9,17H,1H3/t9-/m0/s1. The van der Waals surface area contributed by atoms with E-state index in [-0.39, 0.29) is 5.69 Å². The van der Waals surface area contributed by atoms with Crippen molar-refractivity contribution in [1.29, 1.82) is 0 Å². The van der Waals surface area contributed by atoms with E-state index in [9.17, 15) is 15.2 Å². The fourth-order valence-corrected chi connectivity index (χ4v) is 3.12. The van der Waals surface area contributed by atoms with Crippen molar-refractivity contribution in [3.63, 3.8) is 0 Å². The van der Waals surface area contributed by atoms with Gasteiger partial charge in [0, 0.05) is 15.4 Å². The minimum Gasteiger partial charge on any atom is -0.389 e. The van der Waals surface area contributed by atoms with Gasteiger partial charge in [0.15, 0.2) is 0 Å². The lowest BCUT2D eigenvalue weighted by Crippen LogP contribution is -1.96. The molecule has 2 aromatic rings. The molecule has 0 aliphatic carbocycles. The molecule has 0 heterocycles. The molecule has 104 valence electrons. The first-order chi connectivity index (χ1) is 9.49. The highest BCUT2D eigenvalue weighted by atomic mass is 79.9. The number of aliphatic hydroxyl groups is 1. The first-order valence-corrected chi connectivity index (χ1v) is 7.49. The van der Waals surface area contributed by atoms with E-state index in [4.69, 9.17) is 0 Å². The highest BCUT2D eigenvalue weighted by Gasteiger charge is 2.17. The summed E-state index contributed by atoms with van der Waals surface area (Å²) >= 11 is 4.74. The highest BCUT2D eigenvalue weighted by Crippen LogP contribution is 2.39. The van der Waals surface area contributed by atoms with Gasteiger partial charge >= 0.3 is 0 Å². The van der Waals surface area contributed by atoms with Gasteiger partial charge in [0.2, 0.25) is 0 Å². The third kappa shape index (κ3) is 3.39. The molecule has 20 heavy (non-hydrogen) atoms. The molecule has 1 N–H and O–H groups in total. The van der Waals surface area contributed by atoms with Crippen LogP contribution in [0.15, 0.2) is 56.7 Å². The highest BCUT2D eigenvalue weighted by molar-refractivity contribution is 9.10. The first kappa shape index (κ1) is 15.0. The van der Waals surface area contributed by atoms with Gasteiger partial charge in [-0.25, -0.2) is 0 Å². The average Bonchev–Trinajstić information content (AvgIpc) is 2.41. The largest absolute Gasteiger partial charge is 0.389 e. The van der Waals surface area contributed by atoms with Gasteiger partial charge < -0.3 is 5.11 Å². The van der Waals surface area contributed by atoms with Crippen molar-refractivity contribution < 1.29 is 10.0 Å². The zero-order chi connectivity index (χ0) is 14.7. The molecule has 0 aliphatic rings. The molecular weight excluding hydrogens is 342 g/mol. The van der Waals surface area contributed by atoms with Gasteiger partial charge in [-0.1, -0.05) is 30.0 Å². The van der Waals surface area contributed by atoms with Crippen molar-refractivity contribution in [3.05, 3.63) is 62.6 Å². The summed E-state index contributed by atoms with van der Waals surface area (Å²) in [7, 11) is 0. The molecule has 0 aromatic heterocycles. The fraction of sp³-hybridized carbons (Fsp3) is 0.143. The fourth-order valence-electron chi connectivity index (χ4n) is 1.67. The van der Waals surface area contributed by atoms with Crippen molar-refractivity contribution in [2.24, 2.45) is 0 Å². The van der Waals surface area contributed by atoms with Crippen LogP contribution in [0.2, 0.25) is 0 Å². The van der Waals surface area contributed by atoms with Crippen molar-refractivity contribution in [1.82, 2.24) is 0 Å². The van der Waals surface area contributed by atoms with Crippen LogP contribution in [0.5, 0.6) is 0 Å². The number of nitro benzene ring substituents is 1. The summed E-state index contributed by atoms with van der Waals surface area (Å²) in [5.74, 6) is 0. The first-order valence-electron chi connectivity index (χ1n) is 5.88. The molecule has 0 bridgehead atoms. The summed E-state index contributed by atoms with van der Waals surface area (Å²) in [5.41, 5.74) is 0.539. The molecule has 0 amide bonds. The van der Waals surface area contributed by atoms with Crippen LogP contribution in [0, 0.1) is 10.1 Å². The van der Waals surface area contributed by atoms with Crippen LogP contribution >= 0.6 is 27.7 Å². The van der Waals surface area contributed by atoms with Crippen LogP contribution in [0.4, 0.5) is 5.69 Å². The van der Waals surface area contributed by atoms with Gasteiger partial charge in [-0.2, -0.15) is 0 Å². The second-order valence-electron chi connectivity index (χ2n) is 4.19. The summed E-state index contributed by atoms with van der Waals surface area (Å²) in [6.07, 6.45) is -0.726. The maximum Gasteiger partial charge on any atom is 0.283 e. The van der Waals surface area contributed by atoms with Gasteiger partial charge in [0.1, 0.15) is 0 Å². The molecule has 4 nitrogen and oxygen atoms in total. The minimum atomic E-state index is -0.726. The molecule has 0 radical (unpaired) electrons. The van der Waals surface area contributed by atoms with Gasteiger partial charge in [0.25, 0.3) is 5.69 Å². The Morgan fingerprint density at radius 2 is 1.95 bits per heavy atom. The quantitative estimate of drug-likeness (QED) is 0.646. The summed E-state index contributed by atoms with van der Waals surface area (Å²) in [4.78, 5) is 12.2. The number of benzene rings is 2. The topological polar surface area (TPSA) is 63.4 Å². The maximum absolute atomic E-state index is 11.2. The third-order valence-corrected chi connectivity index (χ3v) is 4.81. The molecule has 1 atom stereocenters. The monoisotopic (exact) mass is 353 g/mol. The van der Waals surface area contributed by atoms with Crippen LogP contribution in [0.3, 0.4) is 0 Å². The smallest absolute Gasteiger partial charge is 0.283 e. The van der Waals surface area contributed by atoms with Crippen LogP contribution in [0.1, 0.15) is 18.6 Å². The zero-order valence-electron chi connectivity index (χ0n) is 10.6. The number of aliphatic hydroxyl groups excluding tert-OH is 1. The summed E-state index contributed by atoms with van der Waals surface area (Å²) in [6.45, 7) is 1.58. The molecule has 6 heteroatoms. The normalized spacial score (nSPS) is 12.2. The van der Waals surface area contributed by atoms with Crippen molar-refractivity contribution in [2.45, 2.75) is 22.8 Å². The Labute approximate surface area is 129 Å². The second-order valence-corrected chi connectivity index (χ2v) is 6.13. The Balaban J connectivity index is 2.41. The van der Waals surface area contributed by atoms with E-state index in [0.717, 1.165) is 9.37 Å². The number of hydrogen-bond donors (Lipinski definition) is 1. The van der Waals surface area contributed by atoms with E-state index in [0.29, 0.717) is 10.5 Å². The van der Waals surface area contributed by atoms with Gasteiger partial charge in [-0.05, 0) is 46.6 Å². The van der Waals surface area contributed by atoms with Gasteiger partial charge in [-0.3, -0.25) is 10.1 Å². The molecule has 2 rings (SSSR count). The Bertz CT molecular complexity index is 646. The molecule has 0 fully saturated rings. The van der Waals surface area contributed by atoms with E-state index in [1.54, 1.807) is 19.1 Å². The minimum absolute atomic E-state index is 0.00385. The molecule has 0 spiro atoms. The van der Waals surface area contributed by atoms with Crippen LogP contribution in [0.25, 0.3) is 0 Å². The van der Waals surface area contributed by atoms with E-state index in [1.165, 1.54) is 17.8 Å². The lowest BCUT2D eigenvalue weighted by molar-refractivity contribution is -0.387. The van der Waals surface area contributed by atoms with Gasteiger partial charge in [0.05, 0.1) is 15.9 Å². The zero-order valence-corrected chi connectivity index (χ0v) is 13.0. The van der Waals surface area contributed by atoms with E-state index < -0.39 is 11.0 Å². The summed E-state index contributed by atoms with van der Waals surface area (Å²) < 4.78 is 0.888. The number of rotatable bonds is 4. The van der Waals surface area contributed by atoms with E-state index in [1.807, 2.05) is 24.3 Å². The van der Waals surface area contributed by atoms with Gasteiger partial charge in [-0.15, -0.1) is 0 Å². The summed E-state index contributed by atoms with van der Waals surface area (Å²) in [5, 5.41) is 20.7. The van der Waals surface area contributed by atoms with Crippen molar-refractivity contribution in [2.75, 3.05) is 0 Å². The third-order valence-electron chi connectivity index (χ3n) is 2.72. The predicted octanol–water partition coefficient (Wildman–Crippen LogP) is 4.56. The van der Waals surface area contributed by atoms with Crippen LogP contribution in [-0.4, -0.2) is 10.0 Å².